The number of carbonyl (C=O) groups excluding carboxylic acids is 2. The van der Waals surface area contributed by atoms with E-state index < -0.39 is 0 Å². The standard InChI is InChI=1S/C20H19NO4/c1-24-14-7-3-12(4-8-14)11-21-19(22)17-16(18(17)20(21)23)13-5-9-15(25-2)10-6-13/h3-10,16-18H,11H2,1-2H3/t16-,17-,18+. The van der Waals surface area contributed by atoms with E-state index >= 15 is 0 Å². The Bertz CT molecular complexity index is 791. The Hall–Kier alpha value is -2.82. The number of amides is 2. The van der Waals surface area contributed by atoms with Gasteiger partial charge in [-0.1, -0.05) is 24.3 Å². The van der Waals surface area contributed by atoms with Crippen LogP contribution < -0.4 is 9.47 Å². The number of hydrogen-bond donors (Lipinski definition) is 0. The Morgan fingerprint density at radius 2 is 1.24 bits per heavy atom. The molecule has 2 aromatic rings. The molecule has 1 saturated carbocycles. The van der Waals surface area contributed by atoms with Crippen LogP contribution in [0.3, 0.4) is 0 Å². The van der Waals surface area contributed by atoms with Crippen molar-refractivity contribution in [3.05, 3.63) is 59.7 Å². The van der Waals surface area contributed by atoms with Gasteiger partial charge in [0.2, 0.25) is 11.8 Å². The predicted molar refractivity (Wildman–Crippen MR) is 91.3 cm³/mol. The van der Waals surface area contributed by atoms with Crippen LogP contribution in [0.25, 0.3) is 0 Å². The van der Waals surface area contributed by atoms with Gasteiger partial charge >= 0.3 is 0 Å². The number of nitrogens with zero attached hydrogens (tertiary/aromatic N) is 1. The third-order valence-corrected chi connectivity index (χ3v) is 5.12. The molecule has 128 valence electrons. The zero-order valence-electron chi connectivity index (χ0n) is 14.1. The van der Waals surface area contributed by atoms with Crippen LogP contribution in [-0.2, 0) is 16.1 Å². The molecule has 0 N–H and O–H groups in total. The Morgan fingerprint density at radius 1 is 0.760 bits per heavy atom. The SMILES string of the molecule is COc1ccc(CN2C(=O)[C@@H]3[C@H](C2=O)[C@H]3c2ccc(OC)cc2)cc1. The Kier molecular flexibility index (Phi) is 3.71. The van der Waals surface area contributed by atoms with Crippen LogP contribution >= 0.6 is 0 Å². The van der Waals surface area contributed by atoms with E-state index in [2.05, 4.69) is 0 Å². The highest BCUT2D eigenvalue weighted by Crippen LogP contribution is 2.59. The van der Waals surface area contributed by atoms with Gasteiger partial charge in [0.1, 0.15) is 11.5 Å². The van der Waals surface area contributed by atoms with Gasteiger partial charge in [-0.05, 0) is 35.4 Å². The average molecular weight is 337 g/mol. The Morgan fingerprint density at radius 3 is 1.72 bits per heavy atom. The number of imide groups is 1. The smallest absolute Gasteiger partial charge is 0.234 e. The molecule has 2 aliphatic rings. The summed E-state index contributed by atoms with van der Waals surface area (Å²) in [5.74, 6) is 0.994. The lowest BCUT2D eigenvalue weighted by atomic mass is 10.1. The van der Waals surface area contributed by atoms with Crippen molar-refractivity contribution >= 4 is 11.8 Å². The topological polar surface area (TPSA) is 55.8 Å². The van der Waals surface area contributed by atoms with Crippen LogP contribution in [-0.4, -0.2) is 30.9 Å². The van der Waals surface area contributed by atoms with Gasteiger partial charge < -0.3 is 9.47 Å². The number of rotatable bonds is 5. The zero-order chi connectivity index (χ0) is 17.6. The van der Waals surface area contributed by atoms with E-state index in [0.717, 1.165) is 22.6 Å². The largest absolute Gasteiger partial charge is 0.497 e. The Labute approximate surface area is 146 Å². The van der Waals surface area contributed by atoms with Gasteiger partial charge in [-0.15, -0.1) is 0 Å². The van der Waals surface area contributed by atoms with E-state index in [-0.39, 0.29) is 29.6 Å². The number of hydrogen-bond acceptors (Lipinski definition) is 4. The summed E-state index contributed by atoms with van der Waals surface area (Å²) in [7, 11) is 3.22. The molecule has 3 atom stereocenters. The van der Waals surface area contributed by atoms with Gasteiger partial charge in [0.15, 0.2) is 0 Å². The molecular weight excluding hydrogens is 318 g/mol. The fourth-order valence-corrected chi connectivity index (χ4v) is 3.70. The van der Waals surface area contributed by atoms with Crippen LogP contribution in [0.5, 0.6) is 11.5 Å². The molecule has 5 nitrogen and oxygen atoms in total. The normalized spacial score (nSPS) is 24.2. The summed E-state index contributed by atoms with van der Waals surface area (Å²) in [5.41, 5.74) is 1.95. The maximum atomic E-state index is 12.6. The summed E-state index contributed by atoms with van der Waals surface area (Å²) in [4.78, 5) is 26.7. The highest BCUT2D eigenvalue weighted by Gasteiger charge is 2.67. The molecule has 0 aromatic heterocycles. The number of likely N-dealkylation sites (tertiary alicyclic amines) is 1. The minimum Gasteiger partial charge on any atom is -0.497 e. The van der Waals surface area contributed by atoms with E-state index in [1.165, 1.54) is 4.90 Å². The molecule has 0 radical (unpaired) electrons. The maximum absolute atomic E-state index is 12.6. The van der Waals surface area contributed by atoms with Crippen molar-refractivity contribution in [2.24, 2.45) is 11.8 Å². The minimum atomic E-state index is -0.209. The van der Waals surface area contributed by atoms with Crippen molar-refractivity contribution in [1.82, 2.24) is 4.90 Å². The lowest BCUT2D eigenvalue weighted by Crippen LogP contribution is -2.33. The van der Waals surface area contributed by atoms with Crippen LogP contribution in [0.15, 0.2) is 48.5 Å². The quantitative estimate of drug-likeness (QED) is 0.787. The van der Waals surface area contributed by atoms with Gasteiger partial charge in [0.05, 0.1) is 32.6 Å². The van der Waals surface area contributed by atoms with Crippen molar-refractivity contribution in [3.8, 4) is 11.5 Å². The van der Waals surface area contributed by atoms with Crippen LogP contribution in [0.4, 0.5) is 0 Å². The van der Waals surface area contributed by atoms with Gasteiger partial charge in [0, 0.05) is 5.92 Å². The molecule has 0 bridgehead atoms. The predicted octanol–water partition coefficient (Wildman–Crippen LogP) is 2.60. The summed E-state index contributed by atoms with van der Waals surface area (Å²) in [6, 6.07) is 15.0. The molecule has 1 saturated heterocycles. The molecule has 2 aromatic carbocycles. The van der Waals surface area contributed by atoms with Gasteiger partial charge in [-0.3, -0.25) is 14.5 Å². The number of benzene rings is 2. The molecule has 1 aliphatic carbocycles. The third kappa shape index (κ3) is 2.56. The highest BCUT2D eigenvalue weighted by atomic mass is 16.5. The third-order valence-electron chi connectivity index (χ3n) is 5.12. The first-order valence-corrected chi connectivity index (χ1v) is 8.26. The van der Waals surface area contributed by atoms with Gasteiger partial charge in [-0.2, -0.15) is 0 Å². The first-order valence-electron chi connectivity index (χ1n) is 8.26. The number of carbonyl (C=O) groups is 2. The fourth-order valence-electron chi connectivity index (χ4n) is 3.70. The molecule has 2 amide bonds. The van der Waals surface area contributed by atoms with Crippen LogP contribution in [0.2, 0.25) is 0 Å². The molecule has 1 heterocycles. The number of piperidine rings is 1. The molecule has 0 unspecified atom stereocenters. The van der Waals surface area contributed by atoms with Crippen molar-refractivity contribution in [1.29, 1.82) is 0 Å². The van der Waals surface area contributed by atoms with Crippen molar-refractivity contribution in [2.45, 2.75) is 12.5 Å². The number of fused-ring (bicyclic) bond motifs is 1. The summed E-state index contributed by atoms with van der Waals surface area (Å²) >= 11 is 0. The molecule has 4 rings (SSSR count). The van der Waals surface area contributed by atoms with Crippen molar-refractivity contribution in [3.63, 3.8) is 0 Å². The lowest BCUT2D eigenvalue weighted by molar-refractivity contribution is -0.142. The molecule has 2 fully saturated rings. The van der Waals surface area contributed by atoms with Crippen LogP contribution in [0, 0.1) is 11.8 Å². The first kappa shape index (κ1) is 15.7. The molecule has 25 heavy (non-hydrogen) atoms. The zero-order valence-corrected chi connectivity index (χ0v) is 14.1. The first-order chi connectivity index (χ1) is 12.1. The molecule has 0 spiro atoms. The van der Waals surface area contributed by atoms with E-state index in [9.17, 15) is 9.59 Å². The summed E-state index contributed by atoms with van der Waals surface area (Å²) in [6.07, 6.45) is 0. The molecule has 5 heteroatoms. The monoisotopic (exact) mass is 337 g/mol. The van der Waals surface area contributed by atoms with Gasteiger partial charge in [-0.25, -0.2) is 0 Å². The van der Waals surface area contributed by atoms with Crippen molar-refractivity contribution < 1.29 is 19.1 Å². The Balaban J connectivity index is 1.47. The summed E-state index contributed by atoms with van der Waals surface area (Å²) in [5, 5.41) is 0. The van der Waals surface area contributed by atoms with E-state index in [1.54, 1.807) is 14.2 Å². The summed E-state index contributed by atoms with van der Waals surface area (Å²) < 4.78 is 10.3. The summed E-state index contributed by atoms with van der Waals surface area (Å²) in [6.45, 7) is 0.323. The van der Waals surface area contributed by atoms with Gasteiger partial charge in [0.25, 0.3) is 0 Å². The van der Waals surface area contributed by atoms with E-state index in [0.29, 0.717) is 6.54 Å². The van der Waals surface area contributed by atoms with E-state index in [1.807, 2.05) is 48.5 Å². The number of methoxy groups -OCH3 is 2. The second-order valence-electron chi connectivity index (χ2n) is 6.46. The van der Waals surface area contributed by atoms with E-state index in [4.69, 9.17) is 9.47 Å². The maximum Gasteiger partial charge on any atom is 0.234 e. The molecule has 1 aliphatic heterocycles. The second-order valence-corrected chi connectivity index (χ2v) is 6.46. The molecular formula is C20H19NO4. The van der Waals surface area contributed by atoms with Crippen molar-refractivity contribution in [2.75, 3.05) is 14.2 Å². The average Bonchev–Trinajstić information content (AvgIpc) is 3.35. The highest BCUT2D eigenvalue weighted by molar-refractivity contribution is 6.10. The lowest BCUT2D eigenvalue weighted by Gasteiger charge is -2.18. The van der Waals surface area contributed by atoms with Crippen LogP contribution in [0.1, 0.15) is 17.0 Å². The fraction of sp³-hybridized carbons (Fsp3) is 0.300. The minimum absolute atomic E-state index is 0.0121. The number of ether oxygens (including phenoxy) is 2. The second kappa shape index (κ2) is 5.92.